The summed E-state index contributed by atoms with van der Waals surface area (Å²) >= 11 is 0. The molecule has 0 aromatic carbocycles. The van der Waals surface area contributed by atoms with Crippen LogP contribution in [-0.2, 0) is 23.7 Å². The number of hydrogen-bond acceptors (Lipinski definition) is 12. The van der Waals surface area contributed by atoms with E-state index in [1.54, 1.807) is 0 Å². The summed E-state index contributed by atoms with van der Waals surface area (Å²) in [7, 11) is 0. The first-order chi connectivity index (χ1) is 23.2. The maximum atomic E-state index is 12.6. The minimum Gasteiger partial charge on any atom is -0.428 e. The lowest BCUT2D eigenvalue weighted by Gasteiger charge is -2.40. The summed E-state index contributed by atoms with van der Waals surface area (Å²) in [4.78, 5) is 27.2. The summed E-state index contributed by atoms with van der Waals surface area (Å²) in [6.45, 7) is 2.78. The third kappa shape index (κ3) is 19.1. The quantitative estimate of drug-likeness (QED) is 0.0169. The Bertz CT molecular complexity index is 894. The van der Waals surface area contributed by atoms with Crippen molar-refractivity contribution in [1.29, 1.82) is 0 Å². The van der Waals surface area contributed by atoms with Gasteiger partial charge in [0.15, 0.2) is 6.29 Å². The predicted molar refractivity (Wildman–Crippen MR) is 177 cm³/mol. The number of hydrogen-bond donors (Lipinski definition) is 6. The Morgan fingerprint density at radius 1 is 0.875 bits per heavy atom. The van der Waals surface area contributed by atoms with Gasteiger partial charge in [-0.15, -0.1) is 0 Å². The Kier molecular flexibility index (Phi) is 25.2. The number of ether oxygens (including phenoxy) is 4. The van der Waals surface area contributed by atoms with Crippen LogP contribution in [0.1, 0.15) is 123 Å². The normalized spacial score (nSPS) is 22.7. The Labute approximate surface area is 285 Å². The van der Waals surface area contributed by atoms with Crippen molar-refractivity contribution in [2.45, 2.75) is 166 Å². The average Bonchev–Trinajstić information content (AvgIpc) is 3.07. The summed E-state index contributed by atoms with van der Waals surface area (Å²) in [5, 5.41) is 57.1. The Morgan fingerprint density at radius 3 is 2.08 bits per heavy atom. The number of azide groups is 1. The average molecular weight is 691 g/mol. The van der Waals surface area contributed by atoms with Crippen LogP contribution in [0.5, 0.6) is 0 Å². The molecule has 280 valence electrons. The van der Waals surface area contributed by atoms with Gasteiger partial charge in [0.25, 0.3) is 0 Å². The van der Waals surface area contributed by atoms with Crippen LogP contribution >= 0.6 is 0 Å². The van der Waals surface area contributed by atoms with E-state index in [1.165, 1.54) is 57.8 Å². The molecule has 0 aliphatic carbocycles. The Hall–Kier alpha value is -2.23. The summed E-state index contributed by atoms with van der Waals surface area (Å²) in [6.07, 6.45) is 7.59. The first-order valence-corrected chi connectivity index (χ1v) is 17.9. The number of aliphatic hydroxyl groups excluding tert-OH is 5. The Balaban J connectivity index is 2.57. The molecule has 0 aromatic rings. The smallest absolute Gasteiger partial charge is 0.410 e. The van der Waals surface area contributed by atoms with E-state index in [-0.39, 0.29) is 18.9 Å². The second kappa shape index (κ2) is 27.6. The summed E-state index contributed by atoms with van der Waals surface area (Å²) < 4.78 is 20.9. The van der Waals surface area contributed by atoms with Gasteiger partial charge in [0.1, 0.15) is 24.4 Å². The molecule has 0 radical (unpaired) electrons. The number of carbonyl (C=O) groups excluding carboxylic acids is 2. The molecule has 1 amide bonds. The number of aliphatic hydroxyl groups is 5. The summed E-state index contributed by atoms with van der Waals surface area (Å²) in [5.41, 5.74) is 8.28. The molecule has 2 unspecified atom stereocenters. The first kappa shape index (κ1) is 43.8. The van der Waals surface area contributed by atoms with Gasteiger partial charge in [-0.3, -0.25) is 4.79 Å². The first-order valence-electron chi connectivity index (χ1n) is 17.9. The van der Waals surface area contributed by atoms with E-state index in [0.29, 0.717) is 32.2 Å². The molecule has 1 rings (SSSR count). The van der Waals surface area contributed by atoms with Gasteiger partial charge in [-0.1, -0.05) is 102 Å². The van der Waals surface area contributed by atoms with E-state index in [0.717, 1.165) is 19.3 Å². The molecule has 15 nitrogen and oxygen atoms in total. The van der Waals surface area contributed by atoms with Crippen LogP contribution in [-0.4, -0.2) is 107 Å². The fourth-order valence-corrected chi connectivity index (χ4v) is 5.59. The summed E-state index contributed by atoms with van der Waals surface area (Å²) in [6, 6.07) is -1.04. The highest BCUT2D eigenvalue weighted by molar-refractivity contribution is 5.70. The zero-order chi connectivity index (χ0) is 35.6. The highest BCUT2D eigenvalue weighted by Gasteiger charge is 2.44. The molecule has 48 heavy (non-hydrogen) atoms. The lowest BCUT2D eigenvalue weighted by molar-refractivity contribution is -0.303. The fourth-order valence-electron chi connectivity index (χ4n) is 5.59. The van der Waals surface area contributed by atoms with E-state index < -0.39 is 68.3 Å². The molecule has 1 heterocycles. The monoisotopic (exact) mass is 690 g/mol. The number of rotatable bonds is 28. The van der Waals surface area contributed by atoms with E-state index in [4.69, 9.17) is 24.5 Å². The van der Waals surface area contributed by atoms with Gasteiger partial charge in [0.2, 0.25) is 6.79 Å². The van der Waals surface area contributed by atoms with Gasteiger partial charge in [-0.25, -0.2) is 4.79 Å². The van der Waals surface area contributed by atoms with Crippen LogP contribution in [0.4, 0.5) is 4.79 Å². The molecule has 0 saturated carbocycles. The topological polar surface area (TPSA) is 233 Å². The molecular weight excluding hydrogens is 628 g/mol. The van der Waals surface area contributed by atoms with E-state index in [1.807, 2.05) is 6.92 Å². The van der Waals surface area contributed by atoms with Gasteiger partial charge in [-0.05, 0) is 30.7 Å². The van der Waals surface area contributed by atoms with Gasteiger partial charge >= 0.3 is 12.1 Å². The van der Waals surface area contributed by atoms with Crippen molar-refractivity contribution in [3.8, 4) is 0 Å². The molecule has 8 atom stereocenters. The highest BCUT2D eigenvalue weighted by atomic mass is 16.7. The number of esters is 1. The molecule has 0 spiro atoms. The van der Waals surface area contributed by atoms with Crippen LogP contribution in [0.25, 0.3) is 10.4 Å². The van der Waals surface area contributed by atoms with Gasteiger partial charge in [0.05, 0.1) is 25.4 Å². The minimum absolute atomic E-state index is 0.103. The molecule has 1 fully saturated rings. The SMILES string of the molecule is CCCCCCCCCCCCCC[C@@H](C)[C@@H](O)[C@H](CO[C@H]1OC(CO)[C@H](O)[C@H](O)C1O)NC(=O)OCOC(=O)CCCCCN=[N+]=[N-]. The highest BCUT2D eigenvalue weighted by Crippen LogP contribution is 2.23. The predicted octanol–water partition coefficient (Wildman–Crippen LogP) is 4.36. The maximum absolute atomic E-state index is 12.6. The van der Waals surface area contributed by atoms with Crippen molar-refractivity contribution < 1.29 is 54.1 Å². The number of nitrogens with zero attached hydrogens (tertiary/aromatic N) is 3. The molecule has 1 aliphatic heterocycles. The van der Waals surface area contributed by atoms with E-state index in [2.05, 4.69) is 22.3 Å². The third-order valence-corrected chi connectivity index (χ3v) is 8.71. The van der Waals surface area contributed by atoms with Crippen LogP contribution in [0.15, 0.2) is 5.11 Å². The van der Waals surface area contributed by atoms with Crippen molar-refractivity contribution in [1.82, 2.24) is 5.32 Å². The molecule has 1 saturated heterocycles. The van der Waals surface area contributed by atoms with Crippen molar-refractivity contribution in [3.05, 3.63) is 10.4 Å². The van der Waals surface area contributed by atoms with Gasteiger partial charge in [-0.2, -0.15) is 0 Å². The van der Waals surface area contributed by atoms with Crippen molar-refractivity contribution in [2.24, 2.45) is 11.0 Å². The van der Waals surface area contributed by atoms with Gasteiger partial charge in [0, 0.05) is 17.9 Å². The fraction of sp³-hybridized carbons (Fsp3) is 0.939. The third-order valence-electron chi connectivity index (χ3n) is 8.71. The maximum Gasteiger partial charge on any atom is 0.410 e. The van der Waals surface area contributed by atoms with Crippen LogP contribution in [0, 0.1) is 5.92 Å². The molecular formula is C33H62N4O11. The van der Waals surface area contributed by atoms with Crippen LogP contribution in [0.2, 0.25) is 0 Å². The van der Waals surface area contributed by atoms with Crippen molar-refractivity contribution >= 4 is 12.1 Å². The number of unbranched alkanes of at least 4 members (excludes halogenated alkanes) is 13. The second-order valence-electron chi connectivity index (χ2n) is 12.8. The lowest BCUT2D eigenvalue weighted by Crippen LogP contribution is -2.60. The van der Waals surface area contributed by atoms with E-state index >= 15 is 0 Å². The second-order valence-corrected chi connectivity index (χ2v) is 12.8. The number of carbonyl (C=O) groups is 2. The lowest BCUT2D eigenvalue weighted by atomic mass is 9.92. The largest absolute Gasteiger partial charge is 0.428 e. The van der Waals surface area contributed by atoms with Crippen molar-refractivity contribution in [2.75, 3.05) is 26.6 Å². The van der Waals surface area contributed by atoms with Gasteiger partial charge < -0.3 is 49.8 Å². The minimum atomic E-state index is -1.65. The number of alkyl carbamates (subject to hydrolysis) is 1. The van der Waals surface area contributed by atoms with Crippen LogP contribution < -0.4 is 5.32 Å². The summed E-state index contributed by atoms with van der Waals surface area (Å²) in [5.74, 6) is -0.821. The molecule has 0 aromatic heterocycles. The molecule has 1 aliphatic rings. The molecule has 15 heteroatoms. The van der Waals surface area contributed by atoms with Crippen LogP contribution in [0.3, 0.4) is 0 Å². The molecule has 0 bridgehead atoms. The number of amides is 1. The zero-order valence-electron chi connectivity index (χ0n) is 29.0. The standard InChI is InChI=1S/C33H62N4O11/c1-3-4-5-6-7-8-9-10-11-12-13-15-18-24(2)28(40)25(22-45-32-31(43)30(42)29(41)26(21-38)48-32)36-33(44)47-23-46-27(39)19-16-14-17-20-35-37-34/h24-26,28-32,38,40-43H,3-23H2,1-2H3,(H,36,44)/t24-,25+,26?,28-,29+,30+,31?,32+/m1/s1. The zero-order valence-corrected chi connectivity index (χ0v) is 29.0. The van der Waals surface area contributed by atoms with E-state index in [9.17, 15) is 35.1 Å². The van der Waals surface area contributed by atoms with Crippen molar-refractivity contribution in [3.63, 3.8) is 0 Å². The molecule has 6 N–H and O–H groups in total. The number of nitrogens with one attached hydrogen (secondary N) is 1. The Morgan fingerprint density at radius 2 is 1.48 bits per heavy atom.